The molecule has 0 aromatic carbocycles. The minimum absolute atomic E-state index is 0.00361. The number of hydrogen-bond donors (Lipinski definition) is 0. The van der Waals surface area contributed by atoms with Crippen molar-refractivity contribution in [2.45, 2.75) is 57.0 Å². The minimum atomic E-state index is -0.00361. The average molecular weight is 271 g/mol. The van der Waals surface area contributed by atoms with Crippen molar-refractivity contribution in [3.8, 4) is 0 Å². The van der Waals surface area contributed by atoms with Gasteiger partial charge < -0.3 is 4.90 Å². The van der Waals surface area contributed by atoms with E-state index in [1.54, 1.807) is 0 Å². The van der Waals surface area contributed by atoms with Crippen molar-refractivity contribution in [3.05, 3.63) is 11.9 Å². The molecule has 18 heavy (non-hydrogen) atoms. The van der Waals surface area contributed by atoms with E-state index in [0.717, 1.165) is 25.1 Å². The number of piperidine rings is 1. The second kappa shape index (κ2) is 6.53. The first-order chi connectivity index (χ1) is 8.70. The molecule has 1 aromatic rings. The Morgan fingerprint density at radius 3 is 3.06 bits per heavy atom. The fourth-order valence-electron chi connectivity index (χ4n) is 2.57. The molecule has 1 aliphatic rings. The van der Waals surface area contributed by atoms with Crippen molar-refractivity contribution in [2.75, 3.05) is 13.6 Å². The summed E-state index contributed by atoms with van der Waals surface area (Å²) in [5.74, 6) is 0. The highest BCUT2D eigenvalue weighted by Crippen LogP contribution is 2.21. The molecule has 1 aliphatic heterocycles. The average Bonchev–Trinajstić information content (AvgIpc) is 2.86. The number of alkyl halides is 1. The van der Waals surface area contributed by atoms with Crippen LogP contribution >= 0.6 is 11.6 Å². The highest BCUT2D eigenvalue weighted by atomic mass is 35.5. The molecule has 2 rings (SSSR count). The number of hydrogen-bond acceptors (Lipinski definition) is 3. The minimum Gasteiger partial charge on any atom is -0.303 e. The zero-order valence-corrected chi connectivity index (χ0v) is 12.1. The molecule has 0 radical (unpaired) electrons. The summed E-state index contributed by atoms with van der Waals surface area (Å²) in [7, 11) is 2.22. The van der Waals surface area contributed by atoms with Crippen molar-refractivity contribution < 1.29 is 0 Å². The van der Waals surface area contributed by atoms with Crippen molar-refractivity contribution in [1.29, 1.82) is 0 Å². The van der Waals surface area contributed by atoms with E-state index in [1.807, 2.05) is 10.9 Å². The topological polar surface area (TPSA) is 34.0 Å². The van der Waals surface area contributed by atoms with Crippen LogP contribution in [0, 0.1) is 0 Å². The lowest BCUT2D eigenvalue weighted by Crippen LogP contribution is -2.36. The van der Waals surface area contributed by atoms with E-state index in [1.165, 1.54) is 25.8 Å². The van der Waals surface area contributed by atoms with Gasteiger partial charge in [-0.15, -0.1) is 16.7 Å². The molecule has 2 heterocycles. The molecule has 0 aliphatic carbocycles. The van der Waals surface area contributed by atoms with E-state index in [2.05, 4.69) is 29.2 Å². The maximum atomic E-state index is 6.15. The highest BCUT2D eigenvalue weighted by molar-refractivity contribution is 6.20. The van der Waals surface area contributed by atoms with Gasteiger partial charge in [-0.05, 0) is 39.3 Å². The van der Waals surface area contributed by atoms with E-state index < -0.39 is 0 Å². The summed E-state index contributed by atoms with van der Waals surface area (Å²) in [4.78, 5) is 2.47. The molecule has 5 heteroatoms. The fourth-order valence-corrected chi connectivity index (χ4v) is 2.67. The number of nitrogens with zero attached hydrogens (tertiary/aromatic N) is 4. The molecule has 0 saturated carbocycles. The first-order valence-electron chi connectivity index (χ1n) is 6.95. The van der Waals surface area contributed by atoms with Gasteiger partial charge in [-0.25, -0.2) is 0 Å². The number of aryl methyl sites for hydroxylation is 1. The van der Waals surface area contributed by atoms with Crippen LogP contribution in [0.5, 0.6) is 0 Å². The van der Waals surface area contributed by atoms with Crippen LogP contribution in [0.25, 0.3) is 0 Å². The molecule has 2 atom stereocenters. The second-order valence-electron chi connectivity index (χ2n) is 5.20. The molecule has 1 saturated heterocycles. The fraction of sp³-hybridized carbons (Fsp3) is 0.846. The highest BCUT2D eigenvalue weighted by Gasteiger charge is 2.19. The standard InChI is InChI=1S/C13H23ClN4/c1-3-12(14)13-10-18(16-15-13)9-7-11-6-4-5-8-17(11)2/h10-12H,3-9H2,1-2H3. The van der Waals surface area contributed by atoms with Gasteiger partial charge in [-0.3, -0.25) is 4.68 Å². The monoisotopic (exact) mass is 270 g/mol. The normalized spacial score (nSPS) is 23.2. The van der Waals surface area contributed by atoms with Gasteiger partial charge in [-0.2, -0.15) is 0 Å². The molecule has 4 nitrogen and oxygen atoms in total. The van der Waals surface area contributed by atoms with Gasteiger partial charge in [0.1, 0.15) is 5.69 Å². The number of likely N-dealkylation sites (tertiary alicyclic amines) is 1. The number of halogens is 1. The Bertz CT molecular complexity index is 366. The third-order valence-corrected chi connectivity index (χ3v) is 4.38. The zero-order chi connectivity index (χ0) is 13.0. The van der Waals surface area contributed by atoms with E-state index in [9.17, 15) is 0 Å². The van der Waals surface area contributed by atoms with Gasteiger partial charge in [0, 0.05) is 18.8 Å². The maximum absolute atomic E-state index is 6.15. The molecule has 0 N–H and O–H groups in total. The summed E-state index contributed by atoms with van der Waals surface area (Å²) in [6.07, 6.45) is 8.04. The maximum Gasteiger partial charge on any atom is 0.100 e. The van der Waals surface area contributed by atoms with Gasteiger partial charge >= 0.3 is 0 Å². The smallest absolute Gasteiger partial charge is 0.100 e. The molecular weight excluding hydrogens is 248 g/mol. The molecular formula is C13H23ClN4. The van der Waals surface area contributed by atoms with Crippen LogP contribution in [0.2, 0.25) is 0 Å². The molecule has 2 unspecified atom stereocenters. The van der Waals surface area contributed by atoms with Gasteiger partial charge in [-0.1, -0.05) is 18.6 Å². The van der Waals surface area contributed by atoms with Crippen molar-refractivity contribution >= 4 is 11.6 Å². The third kappa shape index (κ3) is 3.45. The Hall–Kier alpha value is -0.610. The van der Waals surface area contributed by atoms with Crippen molar-refractivity contribution in [1.82, 2.24) is 19.9 Å². The lowest BCUT2D eigenvalue weighted by Gasteiger charge is -2.32. The van der Waals surface area contributed by atoms with Crippen LogP contribution in [-0.4, -0.2) is 39.5 Å². The zero-order valence-electron chi connectivity index (χ0n) is 11.3. The predicted octanol–water partition coefficient (Wildman–Crippen LogP) is 2.84. The first kappa shape index (κ1) is 13.8. The third-order valence-electron chi connectivity index (χ3n) is 3.85. The Kier molecular flexibility index (Phi) is 5.01. The number of aromatic nitrogens is 3. The van der Waals surface area contributed by atoms with Crippen LogP contribution in [0.1, 0.15) is 50.1 Å². The molecule has 0 amide bonds. The summed E-state index contributed by atoms with van der Waals surface area (Å²) in [5.41, 5.74) is 0.899. The van der Waals surface area contributed by atoms with E-state index >= 15 is 0 Å². The summed E-state index contributed by atoms with van der Waals surface area (Å²) >= 11 is 6.15. The molecule has 0 spiro atoms. The van der Waals surface area contributed by atoms with Crippen molar-refractivity contribution in [2.24, 2.45) is 0 Å². The Balaban J connectivity index is 1.84. The van der Waals surface area contributed by atoms with Gasteiger partial charge in [0.05, 0.1) is 5.38 Å². The summed E-state index contributed by atoms with van der Waals surface area (Å²) in [6, 6.07) is 0.698. The van der Waals surface area contributed by atoms with Crippen LogP contribution in [-0.2, 0) is 6.54 Å². The second-order valence-corrected chi connectivity index (χ2v) is 5.73. The van der Waals surface area contributed by atoms with Gasteiger partial charge in [0.15, 0.2) is 0 Å². The predicted molar refractivity (Wildman–Crippen MR) is 73.8 cm³/mol. The quantitative estimate of drug-likeness (QED) is 0.772. The largest absolute Gasteiger partial charge is 0.303 e. The van der Waals surface area contributed by atoms with Crippen LogP contribution < -0.4 is 0 Å². The SMILES string of the molecule is CCC(Cl)c1cn(CCC2CCCCN2C)nn1. The Labute approximate surface area is 114 Å². The summed E-state index contributed by atoms with van der Waals surface area (Å²) in [6.45, 7) is 4.23. The van der Waals surface area contributed by atoms with Gasteiger partial charge in [0.25, 0.3) is 0 Å². The van der Waals surface area contributed by atoms with E-state index in [0.29, 0.717) is 6.04 Å². The van der Waals surface area contributed by atoms with E-state index in [4.69, 9.17) is 11.6 Å². The van der Waals surface area contributed by atoms with E-state index in [-0.39, 0.29) is 5.38 Å². The Morgan fingerprint density at radius 2 is 2.33 bits per heavy atom. The van der Waals surface area contributed by atoms with Crippen LogP contribution in [0.15, 0.2) is 6.20 Å². The molecule has 1 aromatic heterocycles. The first-order valence-corrected chi connectivity index (χ1v) is 7.38. The molecule has 1 fully saturated rings. The lowest BCUT2D eigenvalue weighted by atomic mass is 10.0. The summed E-state index contributed by atoms with van der Waals surface area (Å²) in [5, 5.41) is 8.29. The van der Waals surface area contributed by atoms with Crippen LogP contribution in [0.4, 0.5) is 0 Å². The molecule has 0 bridgehead atoms. The van der Waals surface area contributed by atoms with Gasteiger partial charge in [0.2, 0.25) is 0 Å². The van der Waals surface area contributed by atoms with Crippen molar-refractivity contribution in [3.63, 3.8) is 0 Å². The summed E-state index contributed by atoms with van der Waals surface area (Å²) < 4.78 is 1.93. The van der Waals surface area contributed by atoms with Crippen LogP contribution in [0.3, 0.4) is 0 Å². The lowest BCUT2D eigenvalue weighted by molar-refractivity contribution is 0.169. The molecule has 102 valence electrons. The number of rotatable bonds is 5. The Morgan fingerprint density at radius 1 is 1.50 bits per heavy atom.